The molecule has 12 aromatic rings. The Hall–Kier alpha value is -9.78. The Kier molecular flexibility index (Phi) is 22.7. The molecule has 6 aromatic heterocycles. The molecule has 0 unspecified atom stereocenters. The number of benzene rings is 6. The molecule has 0 saturated carbocycles. The molecule has 6 heterocycles. The fourth-order valence-electron chi connectivity index (χ4n) is 13.4. The van der Waals surface area contributed by atoms with Gasteiger partial charge in [0.2, 0.25) is 34.2 Å². The van der Waals surface area contributed by atoms with Crippen molar-refractivity contribution in [3.8, 4) is 67.5 Å². The van der Waals surface area contributed by atoms with Gasteiger partial charge in [0.05, 0.1) is 11.1 Å². The van der Waals surface area contributed by atoms with Crippen molar-refractivity contribution in [3.05, 3.63) is 316 Å². The standard InChI is InChI=1S/6C16H20N/c2*1-11-7-6-8-12(2)16(11)15-9-13(3)14(4)10-17(15)5;4*1-11-7-6-8-15(14(11)4)16-12(2)9-10-13(3)17(16)5/h6*6-10H,1-5H3/q6*+1/i4D3;;2*1D3;;. The van der Waals surface area contributed by atoms with E-state index in [0.717, 1.165) is 67.4 Å². The molecule has 528 valence electrons. The van der Waals surface area contributed by atoms with E-state index in [4.69, 9.17) is 12.3 Å². The molecule has 0 atom stereocenters. The summed E-state index contributed by atoms with van der Waals surface area (Å²) in [5.74, 6) is 0. The largest absolute Gasteiger partial charge is 0.215 e. The molecule has 6 heteroatoms. The van der Waals surface area contributed by atoms with E-state index in [0.29, 0.717) is 16.7 Å². The van der Waals surface area contributed by atoms with E-state index >= 15 is 0 Å². The van der Waals surface area contributed by atoms with E-state index in [1.165, 1.54) is 117 Å². The van der Waals surface area contributed by atoms with Gasteiger partial charge in [-0.05, 0) is 265 Å². The third-order valence-electron chi connectivity index (χ3n) is 20.8. The van der Waals surface area contributed by atoms with Crippen molar-refractivity contribution in [2.75, 3.05) is 0 Å². The van der Waals surface area contributed by atoms with Gasteiger partial charge in [-0.3, -0.25) is 0 Å². The first-order chi connectivity index (χ1) is 51.7. The lowest BCUT2D eigenvalue weighted by molar-refractivity contribution is -0.667. The van der Waals surface area contributed by atoms with E-state index in [1.54, 1.807) is 18.3 Å². The maximum atomic E-state index is 7.65. The Bertz CT molecular complexity index is 5140. The van der Waals surface area contributed by atoms with Gasteiger partial charge in [0.15, 0.2) is 35.2 Å². The van der Waals surface area contributed by atoms with Crippen molar-refractivity contribution in [2.45, 2.75) is 166 Å². The van der Waals surface area contributed by atoms with Crippen LogP contribution in [0.15, 0.2) is 182 Å². The van der Waals surface area contributed by atoms with Crippen LogP contribution in [-0.4, -0.2) is 0 Å². The number of aromatic nitrogens is 6. The fraction of sp³-hybridized carbons (Fsp3) is 0.312. The van der Waals surface area contributed by atoms with Crippen LogP contribution in [0.25, 0.3) is 67.5 Å². The van der Waals surface area contributed by atoms with Gasteiger partial charge in [-0.2, -0.15) is 18.3 Å². The molecule has 0 aliphatic heterocycles. The van der Waals surface area contributed by atoms with Crippen LogP contribution in [0.2, 0.25) is 0 Å². The second-order valence-electron chi connectivity index (χ2n) is 28.2. The normalized spacial score (nSPS) is 12.3. The van der Waals surface area contributed by atoms with Gasteiger partial charge in [0.1, 0.15) is 42.3 Å². The van der Waals surface area contributed by atoms with Crippen LogP contribution < -0.4 is 27.4 Å². The van der Waals surface area contributed by atoms with E-state index in [1.807, 2.05) is 96.7 Å². The maximum absolute atomic E-state index is 7.65. The summed E-state index contributed by atoms with van der Waals surface area (Å²) in [6.45, 7) is 37.9. The first-order valence-electron chi connectivity index (χ1n) is 40.0. The van der Waals surface area contributed by atoms with Crippen LogP contribution in [0.3, 0.4) is 0 Å². The van der Waals surface area contributed by atoms with Crippen molar-refractivity contribution < 1.29 is 39.7 Å². The molecule has 0 fully saturated rings. The Morgan fingerprint density at radius 2 is 0.441 bits per heavy atom. The predicted molar refractivity (Wildman–Crippen MR) is 432 cm³/mol. The van der Waals surface area contributed by atoms with Crippen LogP contribution >= 0.6 is 0 Å². The summed E-state index contributed by atoms with van der Waals surface area (Å²) >= 11 is 0. The molecule has 12 rings (SSSR count). The third kappa shape index (κ3) is 18.3. The van der Waals surface area contributed by atoms with Crippen LogP contribution in [0, 0.1) is 166 Å². The van der Waals surface area contributed by atoms with Gasteiger partial charge < -0.3 is 0 Å². The molecule has 0 aliphatic carbocycles. The van der Waals surface area contributed by atoms with Crippen LogP contribution in [0.5, 0.6) is 0 Å². The summed E-state index contributed by atoms with van der Waals surface area (Å²) < 4.78 is 81.6. The molecule has 102 heavy (non-hydrogen) atoms. The van der Waals surface area contributed by atoms with Gasteiger partial charge >= 0.3 is 0 Å². The highest BCUT2D eigenvalue weighted by atomic mass is 15.0. The van der Waals surface area contributed by atoms with Crippen LogP contribution in [-0.2, 0) is 42.3 Å². The highest BCUT2D eigenvalue weighted by Crippen LogP contribution is 2.32. The number of hydrogen-bond acceptors (Lipinski definition) is 0. The van der Waals surface area contributed by atoms with Crippen molar-refractivity contribution in [2.24, 2.45) is 42.3 Å². The molecule has 0 N–H and O–H groups in total. The minimum absolute atomic E-state index is 0.412. The summed E-state index contributed by atoms with van der Waals surface area (Å²) in [6.07, 6.45) is 3.93. The van der Waals surface area contributed by atoms with Crippen molar-refractivity contribution in [3.63, 3.8) is 0 Å². The van der Waals surface area contributed by atoms with E-state index in [-0.39, 0.29) is 0 Å². The Balaban J connectivity index is 0.000000185. The number of nitrogens with zero attached hydrogens (tertiary/aromatic N) is 6. The molecule has 0 bridgehead atoms. The van der Waals surface area contributed by atoms with Crippen molar-refractivity contribution in [1.29, 1.82) is 0 Å². The molecule has 0 aliphatic rings. The smallest absolute Gasteiger partial charge is 0.201 e. The second-order valence-corrected chi connectivity index (χ2v) is 28.2. The van der Waals surface area contributed by atoms with E-state index in [9.17, 15) is 0 Å². The zero-order valence-corrected chi connectivity index (χ0v) is 66.5. The highest BCUT2D eigenvalue weighted by molar-refractivity contribution is 5.70. The monoisotopic (exact) mass is 1370 g/mol. The van der Waals surface area contributed by atoms with Gasteiger partial charge in [-0.25, -0.2) is 9.13 Å². The first-order valence-corrected chi connectivity index (χ1v) is 35.5. The molecule has 0 saturated heterocycles. The van der Waals surface area contributed by atoms with E-state index < -0.39 is 20.6 Å². The summed E-state index contributed by atoms with van der Waals surface area (Å²) in [5.41, 5.74) is 41.1. The average Bonchev–Trinajstić information content (AvgIpc) is 0.789. The molecule has 0 radical (unpaired) electrons. The van der Waals surface area contributed by atoms with E-state index in [2.05, 4.69) is 282 Å². The number of hydrogen-bond donors (Lipinski definition) is 0. The molecule has 6 nitrogen and oxygen atoms in total. The number of rotatable bonds is 6. The minimum atomic E-state index is -2.07. The zero-order chi connectivity index (χ0) is 83.0. The number of aryl methyl sites for hydroxylation is 22. The predicted octanol–water partition coefficient (Wildman–Crippen LogP) is 20.5. The number of pyridine rings is 6. The molecular weight excluding hydrogens is 1240 g/mol. The molecule has 6 aromatic carbocycles. The SMILES string of the molecule is Cc1cc(-c2c(C)cccc2C)[n+](C)cc1C.Cc1cccc(-c2c(C)ccc(C)[n+]2C)c1C.Cc1cccc(-c2c(C)ccc(C)[n+]2C)c1C.[2H]C([2H])([2H])c1c[n+](C)c(-c2c(C)cccc2C)cc1C.[2H]C([2H])([2H])c1cccc(-c2c(C)ccc(C)[n+]2C)c1C.[2H]C([2H])([2H])c1cccc(-c2c(C)ccc(C)[n+]2C)c1C. The van der Waals surface area contributed by atoms with Gasteiger partial charge in [-0.1, -0.05) is 84.9 Å². The Morgan fingerprint density at radius 1 is 0.216 bits per heavy atom. The lowest BCUT2D eigenvalue weighted by Gasteiger charge is -2.10. The fourth-order valence-corrected chi connectivity index (χ4v) is 13.4. The zero-order valence-electron chi connectivity index (χ0n) is 75.5. The first kappa shape index (κ1) is 66.8. The summed E-state index contributed by atoms with van der Waals surface area (Å²) in [7, 11) is 12.3. The lowest BCUT2D eigenvalue weighted by atomic mass is 9.97. The quantitative estimate of drug-likeness (QED) is 0.148. The summed E-state index contributed by atoms with van der Waals surface area (Å²) in [6, 6.07) is 58.0. The molecule has 0 amide bonds. The molecular formula is C96H120N6+6. The van der Waals surface area contributed by atoms with Crippen molar-refractivity contribution in [1.82, 2.24) is 0 Å². The topological polar surface area (TPSA) is 23.3 Å². The van der Waals surface area contributed by atoms with Crippen LogP contribution in [0.4, 0.5) is 0 Å². The third-order valence-corrected chi connectivity index (χ3v) is 20.8. The Labute approximate surface area is 628 Å². The van der Waals surface area contributed by atoms with Gasteiger partial charge in [0.25, 0.3) is 0 Å². The average molecular weight is 1370 g/mol. The van der Waals surface area contributed by atoms with Gasteiger partial charge in [-0.15, -0.1) is 0 Å². The molecule has 0 spiro atoms. The van der Waals surface area contributed by atoms with Gasteiger partial charge in [0, 0.05) is 132 Å². The lowest BCUT2D eigenvalue weighted by Crippen LogP contribution is -2.35. The highest BCUT2D eigenvalue weighted by Gasteiger charge is 2.24. The minimum Gasteiger partial charge on any atom is -0.201 e. The maximum Gasteiger partial charge on any atom is 0.215 e. The van der Waals surface area contributed by atoms with Crippen LogP contribution in [0.1, 0.15) is 146 Å². The second kappa shape index (κ2) is 34.7. The Morgan fingerprint density at radius 3 is 0.716 bits per heavy atom. The summed E-state index contributed by atoms with van der Waals surface area (Å²) in [4.78, 5) is 0. The van der Waals surface area contributed by atoms with Crippen molar-refractivity contribution >= 4 is 0 Å². The summed E-state index contributed by atoms with van der Waals surface area (Å²) in [5, 5.41) is 0.